The first kappa shape index (κ1) is 17.9. The van der Waals surface area contributed by atoms with Gasteiger partial charge in [-0.15, -0.1) is 0 Å². The molecule has 0 aliphatic rings. The fourth-order valence-electron chi connectivity index (χ4n) is 1.58. The van der Waals surface area contributed by atoms with Crippen LogP contribution in [0.25, 0.3) is 0 Å². The molecule has 0 fully saturated rings. The van der Waals surface area contributed by atoms with E-state index in [9.17, 15) is 9.59 Å². The van der Waals surface area contributed by atoms with Gasteiger partial charge in [-0.25, -0.2) is 4.79 Å². The van der Waals surface area contributed by atoms with Crippen LogP contribution in [0.15, 0.2) is 0 Å². The Morgan fingerprint density at radius 1 is 1.32 bits per heavy atom. The van der Waals surface area contributed by atoms with Crippen LogP contribution in [0.1, 0.15) is 53.4 Å². The van der Waals surface area contributed by atoms with E-state index in [0.29, 0.717) is 32.5 Å². The summed E-state index contributed by atoms with van der Waals surface area (Å²) in [6, 6.07) is -0.793. The summed E-state index contributed by atoms with van der Waals surface area (Å²) in [5.74, 6) is -1.19. The first-order chi connectivity index (χ1) is 8.76. The van der Waals surface area contributed by atoms with Crippen LogP contribution in [0.4, 0.5) is 0 Å². The van der Waals surface area contributed by atoms with Gasteiger partial charge in [0.25, 0.3) is 0 Å². The molecule has 0 aromatic rings. The van der Waals surface area contributed by atoms with Gasteiger partial charge in [0.2, 0.25) is 5.91 Å². The number of carboxylic acids is 1. The van der Waals surface area contributed by atoms with E-state index in [1.54, 1.807) is 0 Å². The average Bonchev–Trinajstić information content (AvgIpc) is 2.28. The molecule has 1 atom stereocenters. The van der Waals surface area contributed by atoms with Crippen molar-refractivity contribution in [3.8, 4) is 0 Å². The summed E-state index contributed by atoms with van der Waals surface area (Å²) in [4.78, 5) is 22.7. The number of aliphatic carboxylic acids is 1. The van der Waals surface area contributed by atoms with Gasteiger partial charge in [0.1, 0.15) is 6.04 Å². The second-order valence-corrected chi connectivity index (χ2v) is 5.86. The number of nitrogens with one attached hydrogen (secondary N) is 1. The maximum absolute atomic E-state index is 11.6. The van der Waals surface area contributed by atoms with Crippen molar-refractivity contribution in [1.82, 2.24) is 5.32 Å². The first-order valence-electron chi connectivity index (χ1n) is 6.86. The van der Waals surface area contributed by atoms with Crippen molar-refractivity contribution in [3.63, 3.8) is 0 Å². The molecule has 0 bridgehead atoms. The van der Waals surface area contributed by atoms with Gasteiger partial charge in [-0.2, -0.15) is 0 Å². The number of hydrogen-bond acceptors (Lipinski definition) is 3. The molecule has 19 heavy (non-hydrogen) atoms. The smallest absolute Gasteiger partial charge is 0.326 e. The average molecular weight is 273 g/mol. The van der Waals surface area contributed by atoms with Gasteiger partial charge in [0.05, 0.1) is 0 Å². The van der Waals surface area contributed by atoms with Gasteiger partial charge in [0, 0.05) is 19.6 Å². The Morgan fingerprint density at radius 3 is 2.42 bits per heavy atom. The van der Waals surface area contributed by atoms with Crippen molar-refractivity contribution in [2.75, 3.05) is 13.2 Å². The number of rotatable bonds is 9. The van der Waals surface area contributed by atoms with Crippen LogP contribution in [-0.2, 0) is 14.3 Å². The van der Waals surface area contributed by atoms with E-state index in [1.165, 1.54) is 0 Å². The van der Waals surface area contributed by atoms with Crippen LogP contribution in [0.5, 0.6) is 0 Å². The predicted octanol–water partition coefficient (Wildman–Crippen LogP) is 2.20. The highest BCUT2D eigenvalue weighted by Crippen LogP contribution is 2.21. The van der Waals surface area contributed by atoms with Crippen molar-refractivity contribution in [3.05, 3.63) is 0 Å². The highest BCUT2D eigenvalue weighted by Gasteiger charge is 2.22. The third kappa shape index (κ3) is 10.5. The molecule has 1 amide bonds. The van der Waals surface area contributed by atoms with Gasteiger partial charge < -0.3 is 15.2 Å². The third-order valence-corrected chi connectivity index (χ3v) is 2.71. The largest absolute Gasteiger partial charge is 0.480 e. The summed E-state index contributed by atoms with van der Waals surface area (Å²) in [6.45, 7) is 9.21. The van der Waals surface area contributed by atoms with Crippen LogP contribution in [0.3, 0.4) is 0 Å². The zero-order chi connectivity index (χ0) is 14.9. The molecule has 0 aromatic carbocycles. The van der Waals surface area contributed by atoms with Crippen molar-refractivity contribution in [2.45, 2.75) is 59.4 Å². The zero-order valence-corrected chi connectivity index (χ0v) is 12.5. The SMILES string of the molecule is CCOCCCC(=O)NC(CCC(C)(C)C)C(=O)O. The van der Waals surface area contributed by atoms with E-state index in [1.807, 2.05) is 6.92 Å². The molecule has 0 saturated heterocycles. The monoisotopic (exact) mass is 273 g/mol. The maximum atomic E-state index is 11.6. The van der Waals surface area contributed by atoms with Gasteiger partial charge in [-0.1, -0.05) is 20.8 Å². The quantitative estimate of drug-likeness (QED) is 0.631. The van der Waals surface area contributed by atoms with Crippen molar-refractivity contribution in [1.29, 1.82) is 0 Å². The lowest BCUT2D eigenvalue weighted by molar-refractivity contribution is -0.142. The Hall–Kier alpha value is -1.10. The lowest BCUT2D eigenvalue weighted by Crippen LogP contribution is -2.41. The molecule has 0 aliphatic heterocycles. The Bertz CT molecular complexity index is 284. The number of carbonyl (C=O) groups is 2. The molecular weight excluding hydrogens is 246 g/mol. The number of ether oxygens (including phenoxy) is 1. The minimum absolute atomic E-state index is 0.0629. The van der Waals surface area contributed by atoms with Crippen molar-refractivity contribution in [2.24, 2.45) is 5.41 Å². The van der Waals surface area contributed by atoms with Crippen LogP contribution < -0.4 is 5.32 Å². The molecule has 0 heterocycles. The standard InChI is InChI=1S/C14H27NO4/c1-5-19-10-6-7-12(16)15-11(13(17)18)8-9-14(2,3)4/h11H,5-10H2,1-4H3,(H,15,16)(H,17,18). The van der Waals surface area contributed by atoms with Gasteiger partial charge in [0.15, 0.2) is 0 Å². The van der Waals surface area contributed by atoms with Crippen LogP contribution in [0.2, 0.25) is 0 Å². The molecule has 2 N–H and O–H groups in total. The molecule has 0 aromatic heterocycles. The van der Waals surface area contributed by atoms with Gasteiger partial charge >= 0.3 is 5.97 Å². The predicted molar refractivity (Wildman–Crippen MR) is 74.0 cm³/mol. The fraction of sp³-hybridized carbons (Fsp3) is 0.857. The normalized spacial score (nSPS) is 13.1. The van der Waals surface area contributed by atoms with E-state index in [-0.39, 0.29) is 11.3 Å². The summed E-state index contributed by atoms with van der Waals surface area (Å²) in [5, 5.41) is 11.7. The topological polar surface area (TPSA) is 75.6 Å². The van der Waals surface area contributed by atoms with E-state index >= 15 is 0 Å². The highest BCUT2D eigenvalue weighted by molar-refractivity contribution is 5.83. The Morgan fingerprint density at radius 2 is 1.95 bits per heavy atom. The molecule has 0 rings (SSSR count). The third-order valence-electron chi connectivity index (χ3n) is 2.71. The lowest BCUT2D eigenvalue weighted by atomic mass is 9.88. The van der Waals surface area contributed by atoms with E-state index in [0.717, 1.165) is 6.42 Å². The maximum Gasteiger partial charge on any atom is 0.326 e. The highest BCUT2D eigenvalue weighted by atomic mass is 16.5. The number of carbonyl (C=O) groups excluding carboxylic acids is 1. The van der Waals surface area contributed by atoms with Crippen LogP contribution >= 0.6 is 0 Å². The van der Waals surface area contributed by atoms with Gasteiger partial charge in [-0.3, -0.25) is 4.79 Å². The van der Waals surface area contributed by atoms with Crippen LogP contribution in [-0.4, -0.2) is 36.2 Å². The molecule has 5 heteroatoms. The van der Waals surface area contributed by atoms with E-state index in [4.69, 9.17) is 9.84 Å². The molecule has 0 radical (unpaired) electrons. The molecule has 112 valence electrons. The van der Waals surface area contributed by atoms with E-state index < -0.39 is 12.0 Å². The fourth-order valence-corrected chi connectivity index (χ4v) is 1.58. The molecule has 0 saturated carbocycles. The Labute approximate surface area is 115 Å². The lowest BCUT2D eigenvalue weighted by Gasteiger charge is -2.21. The second kappa shape index (κ2) is 8.91. The van der Waals surface area contributed by atoms with E-state index in [2.05, 4.69) is 26.1 Å². The second-order valence-electron chi connectivity index (χ2n) is 5.86. The summed E-state index contributed by atoms with van der Waals surface area (Å²) < 4.78 is 5.13. The van der Waals surface area contributed by atoms with Crippen LogP contribution in [0, 0.1) is 5.41 Å². The Balaban J connectivity index is 4.05. The molecular formula is C14H27NO4. The number of carboxylic acid groups (broad SMARTS) is 1. The first-order valence-corrected chi connectivity index (χ1v) is 6.86. The molecule has 5 nitrogen and oxygen atoms in total. The summed E-state index contributed by atoms with van der Waals surface area (Å²) >= 11 is 0. The number of amides is 1. The minimum atomic E-state index is -0.970. The molecule has 1 unspecified atom stereocenters. The van der Waals surface area contributed by atoms with Gasteiger partial charge in [-0.05, 0) is 31.6 Å². The van der Waals surface area contributed by atoms with Crippen molar-refractivity contribution >= 4 is 11.9 Å². The molecule has 0 spiro atoms. The minimum Gasteiger partial charge on any atom is -0.480 e. The van der Waals surface area contributed by atoms with Crippen molar-refractivity contribution < 1.29 is 19.4 Å². The zero-order valence-electron chi connectivity index (χ0n) is 12.5. The summed E-state index contributed by atoms with van der Waals surface area (Å²) in [5.41, 5.74) is 0.0629. The Kier molecular flexibility index (Phi) is 8.39. The molecule has 0 aliphatic carbocycles. The number of hydrogen-bond donors (Lipinski definition) is 2. The summed E-state index contributed by atoms with van der Waals surface area (Å²) in [6.07, 6.45) is 2.13. The summed E-state index contributed by atoms with van der Waals surface area (Å²) in [7, 11) is 0.